The molecule has 0 bridgehead atoms. The lowest BCUT2D eigenvalue weighted by Gasteiger charge is -2.03. The Balaban J connectivity index is 2.61. The largest absolute Gasteiger partial charge is 0.382 e. The second-order valence-corrected chi connectivity index (χ2v) is 3.12. The Morgan fingerprint density at radius 2 is 2.20 bits per heavy atom. The number of rotatable bonds is 1. The van der Waals surface area contributed by atoms with E-state index in [-0.39, 0.29) is 0 Å². The van der Waals surface area contributed by atoms with Gasteiger partial charge in [0, 0.05) is 18.0 Å². The number of nitriles is 1. The van der Waals surface area contributed by atoms with Crippen LogP contribution in [0, 0.1) is 18.3 Å². The minimum absolute atomic E-state index is 0.405. The summed E-state index contributed by atoms with van der Waals surface area (Å²) in [5.74, 6) is 0.913. The summed E-state index contributed by atoms with van der Waals surface area (Å²) in [6.07, 6.45) is 1.68. The summed E-state index contributed by atoms with van der Waals surface area (Å²) in [4.78, 5) is 4.25. The Kier molecular flexibility index (Phi) is 2.10. The number of hydrogen-bond donors (Lipinski definition) is 1. The fourth-order valence-corrected chi connectivity index (χ4v) is 1.26. The Morgan fingerprint density at radius 1 is 1.40 bits per heavy atom. The topological polar surface area (TPSA) is 80.5 Å². The smallest absolute Gasteiger partial charge is 0.171 e. The van der Waals surface area contributed by atoms with Gasteiger partial charge in [0.05, 0.1) is 5.56 Å². The first-order valence-electron chi connectivity index (χ1n) is 4.40. The molecule has 0 unspecified atom stereocenters. The molecule has 0 amide bonds. The fraction of sp³-hybridized carbons (Fsp3) is 0.100. The Bertz CT molecular complexity index is 535. The van der Waals surface area contributed by atoms with Crippen LogP contribution in [0.15, 0.2) is 24.4 Å². The molecule has 2 heterocycles. The molecule has 5 nitrogen and oxygen atoms in total. The lowest BCUT2D eigenvalue weighted by atomic mass is 10.2. The van der Waals surface area contributed by atoms with Crippen molar-refractivity contribution >= 4 is 5.82 Å². The van der Waals surface area contributed by atoms with E-state index in [1.165, 1.54) is 4.68 Å². The van der Waals surface area contributed by atoms with Gasteiger partial charge >= 0.3 is 0 Å². The third-order valence-electron chi connectivity index (χ3n) is 1.96. The normalized spacial score (nSPS) is 9.87. The van der Waals surface area contributed by atoms with Gasteiger partial charge in [0.15, 0.2) is 5.82 Å². The van der Waals surface area contributed by atoms with Crippen molar-refractivity contribution in [1.82, 2.24) is 14.8 Å². The van der Waals surface area contributed by atoms with Gasteiger partial charge in [-0.05, 0) is 19.1 Å². The van der Waals surface area contributed by atoms with Crippen molar-refractivity contribution in [3.05, 3.63) is 35.7 Å². The Labute approximate surface area is 86.8 Å². The van der Waals surface area contributed by atoms with Gasteiger partial charge in [0.25, 0.3) is 0 Å². The molecule has 5 heteroatoms. The Hall–Kier alpha value is -2.35. The molecule has 2 rings (SSSR count). The zero-order valence-electron chi connectivity index (χ0n) is 8.18. The maximum absolute atomic E-state index is 8.92. The van der Waals surface area contributed by atoms with Crippen LogP contribution in [0.3, 0.4) is 0 Å². The summed E-state index contributed by atoms with van der Waals surface area (Å²) in [7, 11) is 0. The molecule has 15 heavy (non-hydrogen) atoms. The molecule has 0 atom stereocenters. The first kappa shape index (κ1) is 9.21. The summed E-state index contributed by atoms with van der Waals surface area (Å²) < 4.78 is 1.50. The second-order valence-electron chi connectivity index (χ2n) is 3.12. The van der Waals surface area contributed by atoms with Crippen LogP contribution in [-0.4, -0.2) is 14.8 Å². The van der Waals surface area contributed by atoms with E-state index in [2.05, 4.69) is 16.2 Å². The van der Waals surface area contributed by atoms with Crippen molar-refractivity contribution in [3.63, 3.8) is 0 Å². The summed E-state index contributed by atoms with van der Waals surface area (Å²) in [6.45, 7) is 1.86. The average molecular weight is 199 g/mol. The lowest BCUT2D eigenvalue weighted by molar-refractivity contribution is 0.841. The first-order valence-corrected chi connectivity index (χ1v) is 4.40. The molecule has 0 aromatic carbocycles. The quantitative estimate of drug-likeness (QED) is 0.743. The SMILES string of the molecule is Cc1ccc(C#N)c(-n2ccc(N)n2)n1. The van der Waals surface area contributed by atoms with Gasteiger partial charge < -0.3 is 5.73 Å². The molecule has 0 spiro atoms. The Morgan fingerprint density at radius 3 is 2.80 bits per heavy atom. The standard InChI is InChI=1S/C10H9N5/c1-7-2-3-8(6-11)10(13-7)15-5-4-9(12)14-15/h2-5H,1H3,(H2,12,14). The van der Waals surface area contributed by atoms with Gasteiger partial charge in [-0.15, -0.1) is 5.10 Å². The van der Waals surface area contributed by atoms with Gasteiger partial charge in [-0.3, -0.25) is 0 Å². The van der Waals surface area contributed by atoms with Crippen LogP contribution in [0.4, 0.5) is 5.82 Å². The van der Waals surface area contributed by atoms with Gasteiger partial charge in [0.1, 0.15) is 11.9 Å². The van der Waals surface area contributed by atoms with Gasteiger partial charge in [-0.1, -0.05) is 0 Å². The molecular formula is C10H9N5. The van der Waals surface area contributed by atoms with Crippen LogP contribution < -0.4 is 5.73 Å². The molecule has 2 aromatic rings. The lowest BCUT2D eigenvalue weighted by Crippen LogP contribution is -2.03. The van der Waals surface area contributed by atoms with Gasteiger partial charge in [-0.2, -0.15) is 5.26 Å². The zero-order chi connectivity index (χ0) is 10.8. The van der Waals surface area contributed by atoms with E-state index in [1.54, 1.807) is 24.4 Å². The van der Waals surface area contributed by atoms with E-state index in [0.29, 0.717) is 17.2 Å². The molecule has 0 aliphatic heterocycles. The maximum Gasteiger partial charge on any atom is 0.171 e. The summed E-state index contributed by atoms with van der Waals surface area (Å²) in [5, 5.41) is 12.9. The number of pyridine rings is 1. The van der Waals surface area contributed by atoms with Crippen LogP contribution in [-0.2, 0) is 0 Å². The number of nitrogens with zero attached hydrogens (tertiary/aromatic N) is 4. The number of nitrogens with two attached hydrogens (primary N) is 1. The monoisotopic (exact) mass is 199 g/mol. The average Bonchev–Trinajstić information content (AvgIpc) is 2.65. The molecule has 74 valence electrons. The first-order chi connectivity index (χ1) is 7.20. The van der Waals surface area contributed by atoms with Crippen LogP contribution in [0.1, 0.15) is 11.3 Å². The molecule has 0 aliphatic carbocycles. The number of hydrogen-bond acceptors (Lipinski definition) is 4. The summed E-state index contributed by atoms with van der Waals surface area (Å²) >= 11 is 0. The van der Waals surface area contributed by atoms with Crippen LogP contribution in [0.25, 0.3) is 5.82 Å². The van der Waals surface area contributed by atoms with Crippen molar-refractivity contribution in [2.75, 3.05) is 5.73 Å². The molecule has 2 N–H and O–H groups in total. The highest BCUT2D eigenvalue weighted by atomic mass is 15.3. The zero-order valence-corrected chi connectivity index (χ0v) is 8.18. The van der Waals surface area contributed by atoms with E-state index in [1.807, 2.05) is 6.92 Å². The predicted molar refractivity (Wildman–Crippen MR) is 55.2 cm³/mol. The van der Waals surface area contributed by atoms with E-state index in [4.69, 9.17) is 11.0 Å². The highest BCUT2D eigenvalue weighted by Crippen LogP contribution is 2.12. The number of nitrogen functional groups attached to an aromatic ring is 1. The second kappa shape index (κ2) is 3.42. The van der Waals surface area contributed by atoms with E-state index in [0.717, 1.165) is 5.69 Å². The molecule has 0 fully saturated rings. The molecule has 2 aromatic heterocycles. The minimum atomic E-state index is 0.405. The van der Waals surface area contributed by atoms with Crippen molar-refractivity contribution in [3.8, 4) is 11.9 Å². The third-order valence-corrected chi connectivity index (χ3v) is 1.96. The fourth-order valence-electron chi connectivity index (χ4n) is 1.26. The van der Waals surface area contributed by atoms with Crippen molar-refractivity contribution in [2.24, 2.45) is 0 Å². The third kappa shape index (κ3) is 1.65. The van der Waals surface area contributed by atoms with Crippen LogP contribution in [0.2, 0.25) is 0 Å². The summed E-state index contributed by atoms with van der Waals surface area (Å²) in [6, 6.07) is 7.23. The minimum Gasteiger partial charge on any atom is -0.382 e. The summed E-state index contributed by atoms with van der Waals surface area (Å²) in [5.41, 5.74) is 6.81. The van der Waals surface area contributed by atoms with Crippen LogP contribution >= 0.6 is 0 Å². The maximum atomic E-state index is 8.92. The highest BCUT2D eigenvalue weighted by molar-refractivity contribution is 5.44. The molecule has 0 radical (unpaired) electrons. The molecule has 0 aliphatic rings. The van der Waals surface area contributed by atoms with E-state index >= 15 is 0 Å². The van der Waals surface area contributed by atoms with Crippen molar-refractivity contribution < 1.29 is 0 Å². The molecular weight excluding hydrogens is 190 g/mol. The van der Waals surface area contributed by atoms with Crippen LogP contribution in [0.5, 0.6) is 0 Å². The van der Waals surface area contributed by atoms with Gasteiger partial charge in [-0.25, -0.2) is 9.67 Å². The van der Waals surface area contributed by atoms with Gasteiger partial charge in [0.2, 0.25) is 0 Å². The molecule has 0 saturated heterocycles. The highest BCUT2D eigenvalue weighted by Gasteiger charge is 2.07. The van der Waals surface area contributed by atoms with Crippen molar-refractivity contribution in [2.45, 2.75) is 6.92 Å². The van der Waals surface area contributed by atoms with E-state index in [9.17, 15) is 0 Å². The number of aromatic nitrogens is 3. The predicted octanol–water partition coefficient (Wildman–Crippen LogP) is 1.03. The number of anilines is 1. The molecule has 0 saturated carbocycles. The van der Waals surface area contributed by atoms with Crippen molar-refractivity contribution in [1.29, 1.82) is 5.26 Å². The number of aryl methyl sites for hydroxylation is 1. The van der Waals surface area contributed by atoms with E-state index < -0.39 is 0 Å².